The predicted molar refractivity (Wildman–Crippen MR) is 71.0 cm³/mol. The smallest absolute Gasteiger partial charge is 0.239 e. The Bertz CT molecular complexity index is 436. The first-order valence-electron chi connectivity index (χ1n) is 3.89. The van der Waals surface area contributed by atoms with Crippen molar-refractivity contribution in [1.82, 2.24) is 0 Å². The van der Waals surface area contributed by atoms with Crippen LogP contribution in [0.15, 0.2) is 29.2 Å². The Morgan fingerprint density at radius 2 is 1.60 bits per heavy atom. The number of hydrogen-bond donors (Lipinski definition) is 1. The number of benzene rings is 1. The molecule has 0 heterocycles. The molecule has 0 aliphatic carbocycles. The number of nitrogens with two attached hydrogens (primary N) is 1. The first-order valence-corrected chi connectivity index (χ1v) is 7.75. The quantitative estimate of drug-likeness (QED) is 0.747. The molecule has 0 atom stereocenters. The van der Waals surface area contributed by atoms with Gasteiger partial charge in [0.1, 0.15) is 0 Å². The van der Waals surface area contributed by atoms with Crippen molar-refractivity contribution in [3.63, 3.8) is 0 Å². The fourth-order valence-corrected chi connectivity index (χ4v) is 3.38. The summed E-state index contributed by atoms with van der Waals surface area (Å²) in [5.41, 5.74) is 6.30. The normalized spacial score (nSPS) is 12.8. The third kappa shape index (κ3) is 3.03. The predicted octanol–water partition coefficient (Wildman–Crippen LogP) is 2.72. The zero-order valence-corrected chi connectivity index (χ0v) is 13.0. The van der Waals surface area contributed by atoms with Crippen molar-refractivity contribution < 1.29 is 8.42 Å². The van der Waals surface area contributed by atoms with Gasteiger partial charge in [-0.2, -0.15) is 0 Å². The minimum Gasteiger partial charge on any atom is -0.326 e. The molecule has 84 valence electrons. The molecule has 1 rings (SSSR count). The minimum absolute atomic E-state index is 0.213. The summed E-state index contributed by atoms with van der Waals surface area (Å²) < 4.78 is 22.4. The second-order valence-electron chi connectivity index (χ2n) is 2.80. The van der Waals surface area contributed by atoms with Crippen LogP contribution in [0.3, 0.4) is 0 Å². The molecule has 1 aromatic rings. The highest BCUT2D eigenvalue weighted by atomic mass is 80.0. The van der Waals surface area contributed by atoms with Crippen molar-refractivity contribution in [2.45, 2.75) is 12.9 Å². The van der Waals surface area contributed by atoms with Gasteiger partial charge in [0.15, 0.2) is 0 Å². The lowest BCUT2D eigenvalue weighted by Crippen LogP contribution is -2.17. The zero-order chi connectivity index (χ0) is 11.7. The van der Waals surface area contributed by atoms with Crippen LogP contribution >= 0.6 is 47.8 Å². The van der Waals surface area contributed by atoms with Crippen molar-refractivity contribution in [2.24, 2.45) is 5.73 Å². The van der Waals surface area contributed by atoms with Gasteiger partial charge in [-0.1, -0.05) is 12.1 Å². The summed E-state index contributed by atoms with van der Waals surface area (Å²) in [7, 11) is -3.49. The zero-order valence-electron chi connectivity index (χ0n) is 7.45. The maximum atomic E-state index is 11.9. The molecule has 0 spiro atoms. The van der Waals surface area contributed by atoms with E-state index in [2.05, 4.69) is 47.8 Å². The lowest BCUT2D eigenvalue weighted by Gasteiger charge is -2.13. The third-order valence-electron chi connectivity index (χ3n) is 1.77. The van der Waals surface area contributed by atoms with Crippen LogP contribution in [0.2, 0.25) is 0 Å². The molecule has 0 bridgehead atoms. The number of hydrogen-bond acceptors (Lipinski definition) is 3. The molecule has 0 saturated carbocycles. The summed E-state index contributed by atoms with van der Waals surface area (Å²) in [4.78, 5) is 0.213. The van der Waals surface area contributed by atoms with E-state index in [1.807, 2.05) is 0 Å². The van der Waals surface area contributed by atoms with Gasteiger partial charge in [-0.3, -0.25) is 0 Å². The maximum absolute atomic E-state index is 11.9. The average Bonchev–Trinajstić information content (AvgIpc) is 2.16. The van der Waals surface area contributed by atoms with E-state index in [0.29, 0.717) is 6.54 Å². The fourth-order valence-electron chi connectivity index (χ4n) is 0.938. The second-order valence-corrected chi connectivity index (χ2v) is 13.2. The molecule has 15 heavy (non-hydrogen) atoms. The largest absolute Gasteiger partial charge is 0.326 e. The van der Waals surface area contributed by atoms with Crippen LogP contribution < -0.4 is 5.73 Å². The van der Waals surface area contributed by atoms with Gasteiger partial charge in [0.05, 0.1) is 4.90 Å². The van der Waals surface area contributed by atoms with Crippen LogP contribution in [-0.2, 0) is 16.4 Å². The van der Waals surface area contributed by atoms with Crippen LogP contribution in [0, 0.1) is 0 Å². The van der Waals surface area contributed by atoms with Crippen LogP contribution in [0.4, 0.5) is 0 Å². The summed E-state index contributed by atoms with van der Waals surface area (Å²) in [6.45, 7) is 0.391. The van der Waals surface area contributed by atoms with Crippen LogP contribution in [0.25, 0.3) is 0 Å². The van der Waals surface area contributed by atoms with E-state index in [1.54, 1.807) is 12.1 Å². The summed E-state index contributed by atoms with van der Waals surface area (Å²) in [5.74, 6) is 0. The van der Waals surface area contributed by atoms with Gasteiger partial charge in [0.25, 0.3) is 0 Å². The van der Waals surface area contributed by atoms with Gasteiger partial charge in [-0.05, 0) is 65.5 Å². The van der Waals surface area contributed by atoms with Gasteiger partial charge in [0.2, 0.25) is 11.3 Å². The SMILES string of the molecule is NCc1ccc(S(=O)(=O)C(Br)(Br)Br)cc1. The monoisotopic (exact) mass is 419 g/mol. The van der Waals surface area contributed by atoms with Gasteiger partial charge in [-0.25, -0.2) is 8.42 Å². The molecule has 2 N–H and O–H groups in total. The van der Waals surface area contributed by atoms with Gasteiger partial charge in [0, 0.05) is 6.54 Å². The summed E-state index contributed by atoms with van der Waals surface area (Å²) >= 11 is 8.98. The molecule has 7 heteroatoms. The highest BCUT2D eigenvalue weighted by Crippen LogP contribution is 2.43. The first-order chi connectivity index (χ1) is 6.79. The summed E-state index contributed by atoms with van der Waals surface area (Å²) in [6.07, 6.45) is 0. The molecule has 0 unspecified atom stereocenters. The second kappa shape index (κ2) is 4.83. The molecule has 0 amide bonds. The van der Waals surface area contributed by atoms with E-state index in [9.17, 15) is 8.42 Å². The van der Waals surface area contributed by atoms with Crippen LogP contribution in [-0.4, -0.2) is 9.89 Å². The third-order valence-corrected chi connectivity index (χ3v) is 7.11. The van der Waals surface area contributed by atoms with Crippen molar-refractivity contribution in [3.05, 3.63) is 29.8 Å². The van der Waals surface area contributed by atoms with Gasteiger partial charge in [-0.15, -0.1) is 0 Å². The Kier molecular flexibility index (Phi) is 4.39. The van der Waals surface area contributed by atoms with E-state index in [-0.39, 0.29) is 4.90 Å². The molecule has 0 aliphatic heterocycles. The lowest BCUT2D eigenvalue weighted by atomic mass is 10.2. The Morgan fingerprint density at radius 3 is 1.93 bits per heavy atom. The van der Waals surface area contributed by atoms with Crippen molar-refractivity contribution in [2.75, 3.05) is 0 Å². The average molecular weight is 422 g/mol. The molecule has 0 aliphatic rings. The van der Waals surface area contributed by atoms with Crippen molar-refractivity contribution in [3.8, 4) is 0 Å². The van der Waals surface area contributed by atoms with E-state index >= 15 is 0 Å². The standard InChI is InChI=1S/C8H8Br3NO2S/c9-8(10,11)15(13,14)7-3-1-6(5-12)2-4-7/h1-4H,5,12H2. The first kappa shape index (κ1) is 13.6. The van der Waals surface area contributed by atoms with Crippen LogP contribution in [0.1, 0.15) is 5.56 Å². The number of alkyl halides is 3. The van der Waals surface area contributed by atoms with Gasteiger partial charge < -0.3 is 5.73 Å². The van der Waals surface area contributed by atoms with Crippen molar-refractivity contribution >= 4 is 57.6 Å². The highest BCUT2D eigenvalue weighted by molar-refractivity contribution is 9.42. The topological polar surface area (TPSA) is 60.2 Å². The Balaban J connectivity index is 3.18. The molecule has 0 aromatic heterocycles. The molecular formula is C8H8Br3NO2S. The maximum Gasteiger partial charge on any atom is 0.239 e. The highest BCUT2D eigenvalue weighted by Gasteiger charge is 2.37. The Labute approximate surface area is 114 Å². The number of rotatable bonds is 2. The van der Waals surface area contributed by atoms with E-state index < -0.39 is 11.3 Å². The fraction of sp³-hybridized carbons (Fsp3) is 0.250. The summed E-state index contributed by atoms with van der Waals surface area (Å²) in [6, 6.07) is 6.42. The van der Waals surface area contributed by atoms with Crippen molar-refractivity contribution in [1.29, 1.82) is 0 Å². The minimum atomic E-state index is -3.49. The molecule has 0 fully saturated rings. The number of sulfone groups is 1. The lowest BCUT2D eigenvalue weighted by molar-refractivity contribution is 0.599. The van der Waals surface area contributed by atoms with E-state index in [1.165, 1.54) is 12.1 Å². The Hall–Kier alpha value is 0.570. The molecule has 1 aromatic carbocycles. The molecule has 0 saturated heterocycles. The molecular weight excluding hydrogens is 414 g/mol. The Morgan fingerprint density at radius 1 is 1.13 bits per heavy atom. The molecule has 3 nitrogen and oxygen atoms in total. The molecule has 0 radical (unpaired) electrons. The number of halogens is 3. The van der Waals surface area contributed by atoms with Gasteiger partial charge >= 0.3 is 0 Å². The van der Waals surface area contributed by atoms with E-state index in [0.717, 1.165) is 5.56 Å². The summed E-state index contributed by atoms with van der Waals surface area (Å²) in [5, 5.41) is 0. The van der Waals surface area contributed by atoms with E-state index in [4.69, 9.17) is 5.73 Å². The van der Waals surface area contributed by atoms with Crippen LogP contribution in [0.5, 0.6) is 0 Å².